The van der Waals surface area contributed by atoms with Gasteiger partial charge in [-0.15, -0.1) is 0 Å². The fourth-order valence-electron chi connectivity index (χ4n) is 6.32. The van der Waals surface area contributed by atoms with E-state index in [1.807, 2.05) is 20.2 Å². The van der Waals surface area contributed by atoms with Crippen molar-refractivity contribution in [2.45, 2.75) is 69.6 Å². The molecule has 0 atom stereocenters. The highest BCUT2D eigenvalue weighted by molar-refractivity contribution is 6.28. The Kier molecular flexibility index (Phi) is 7.01. The van der Waals surface area contributed by atoms with Crippen molar-refractivity contribution in [1.82, 2.24) is 4.90 Å². The number of allylic oxidation sites excluding steroid dienone is 2. The fraction of sp³-hybridized carbons (Fsp3) is 0.467. The second kappa shape index (κ2) is 10.1. The van der Waals surface area contributed by atoms with E-state index in [1.165, 1.54) is 49.6 Å². The van der Waals surface area contributed by atoms with E-state index >= 15 is 0 Å². The van der Waals surface area contributed by atoms with E-state index in [0.29, 0.717) is 17.6 Å². The van der Waals surface area contributed by atoms with Crippen LogP contribution in [-0.4, -0.2) is 49.2 Å². The summed E-state index contributed by atoms with van der Waals surface area (Å²) in [6.45, 7) is 0.910. The van der Waals surface area contributed by atoms with Crippen molar-refractivity contribution in [2.75, 3.05) is 25.5 Å². The third kappa shape index (κ3) is 5.11. The van der Waals surface area contributed by atoms with Crippen LogP contribution in [0.15, 0.2) is 48.0 Å². The number of halogens is 3. The van der Waals surface area contributed by atoms with Crippen molar-refractivity contribution >= 4 is 17.3 Å². The van der Waals surface area contributed by atoms with E-state index < -0.39 is 23.3 Å². The number of Topliss-reactive ketones (excluding diaryl/α,β-unsaturated/α-hetero) is 2. The normalized spacial score (nSPS) is 21.0. The summed E-state index contributed by atoms with van der Waals surface area (Å²) in [5, 5.41) is 0. The van der Waals surface area contributed by atoms with Crippen LogP contribution in [0.5, 0.6) is 0 Å². The van der Waals surface area contributed by atoms with Crippen molar-refractivity contribution in [2.24, 2.45) is 0 Å². The molecule has 1 aliphatic carbocycles. The maximum atomic E-state index is 13.6. The van der Waals surface area contributed by atoms with Gasteiger partial charge in [-0.3, -0.25) is 9.59 Å². The number of anilines is 1. The number of rotatable bonds is 8. The summed E-state index contributed by atoms with van der Waals surface area (Å²) in [5.74, 6) is -1.24. The Morgan fingerprint density at radius 1 is 1.03 bits per heavy atom. The first-order valence-electron chi connectivity index (χ1n) is 13.2. The molecule has 37 heavy (non-hydrogen) atoms. The number of ketones is 2. The molecular weight excluding hydrogens is 477 g/mol. The molecule has 2 heterocycles. The minimum atomic E-state index is -4.66. The van der Waals surface area contributed by atoms with Gasteiger partial charge < -0.3 is 9.80 Å². The number of fused-ring (bicyclic) bond motifs is 3. The van der Waals surface area contributed by atoms with Crippen LogP contribution >= 0.6 is 0 Å². The average Bonchev–Trinajstić information content (AvgIpc) is 3.45. The Morgan fingerprint density at radius 3 is 2.38 bits per heavy atom. The van der Waals surface area contributed by atoms with Gasteiger partial charge in [0.05, 0.1) is 11.1 Å². The predicted octanol–water partition coefficient (Wildman–Crippen LogP) is 5.81. The van der Waals surface area contributed by atoms with Crippen LogP contribution in [0.2, 0.25) is 0 Å². The predicted molar refractivity (Wildman–Crippen MR) is 138 cm³/mol. The van der Waals surface area contributed by atoms with Gasteiger partial charge in [0.25, 0.3) is 0 Å². The van der Waals surface area contributed by atoms with Gasteiger partial charge in [0.1, 0.15) is 0 Å². The lowest BCUT2D eigenvalue weighted by Gasteiger charge is -2.26. The lowest BCUT2D eigenvalue weighted by molar-refractivity contribution is -0.138. The number of aryl methyl sites for hydroxylation is 1. The highest BCUT2D eigenvalue weighted by atomic mass is 19.4. The van der Waals surface area contributed by atoms with Crippen molar-refractivity contribution in [3.05, 3.63) is 75.9 Å². The number of carbonyl (C=O) groups is 2. The van der Waals surface area contributed by atoms with Gasteiger partial charge in [-0.25, -0.2) is 0 Å². The van der Waals surface area contributed by atoms with E-state index in [9.17, 15) is 22.8 Å². The van der Waals surface area contributed by atoms with Crippen LogP contribution in [0.25, 0.3) is 0 Å². The molecule has 0 saturated carbocycles. The van der Waals surface area contributed by atoms with E-state index in [1.54, 1.807) is 0 Å². The summed E-state index contributed by atoms with van der Waals surface area (Å²) in [5.41, 5.74) is 1.95. The molecule has 2 saturated heterocycles. The first kappa shape index (κ1) is 25.7. The molecule has 2 aromatic carbocycles. The van der Waals surface area contributed by atoms with Crippen LogP contribution in [0.1, 0.15) is 64.7 Å². The Balaban J connectivity index is 1.40. The Hall–Kier alpha value is -2.93. The topological polar surface area (TPSA) is 40.6 Å². The molecule has 196 valence electrons. The van der Waals surface area contributed by atoms with Crippen LogP contribution in [-0.2, 0) is 30.2 Å². The summed E-state index contributed by atoms with van der Waals surface area (Å²) in [6, 6.07) is 11.2. The zero-order valence-electron chi connectivity index (χ0n) is 21.4. The maximum Gasteiger partial charge on any atom is 0.417 e. The highest BCUT2D eigenvalue weighted by Crippen LogP contribution is 2.42. The molecule has 2 bridgehead atoms. The summed E-state index contributed by atoms with van der Waals surface area (Å²) in [4.78, 5) is 31.2. The lowest BCUT2D eigenvalue weighted by atomic mass is 9.83. The molecule has 2 aromatic rings. The number of alkyl halides is 3. The van der Waals surface area contributed by atoms with Crippen molar-refractivity contribution in [3.63, 3.8) is 0 Å². The molecule has 7 heteroatoms. The van der Waals surface area contributed by atoms with Crippen LogP contribution in [0.3, 0.4) is 0 Å². The third-order valence-electron chi connectivity index (χ3n) is 8.10. The van der Waals surface area contributed by atoms with E-state index in [4.69, 9.17) is 0 Å². The van der Waals surface area contributed by atoms with Crippen LogP contribution in [0.4, 0.5) is 18.9 Å². The molecular formula is C30H33F3N2O2. The number of hydrogen-bond acceptors (Lipinski definition) is 4. The van der Waals surface area contributed by atoms with Gasteiger partial charge in [0, 0.05) is 29.8 Å². The van der Waals surface area contributed by atoms with Gasteiger partial charge in [-0.05, 0) is 100 Å². The molecule has 0 amide bonds. The summed E-state index contributed by atoms with van der Waals surface area (Å²) >= 11 is 0. The molecule has 4 nitrogen and oxygen atoms in total. The Morgan fingerprint density at radius 2 is 1.73 bits per heavy atom. The van der Waals surface area contributed by atoms with Crippen LogP contribution in [0, 0.1) is 0 Å². The zero-order chi connectivity index (χ0) is 26.3. The second-order valence-corrected chi connectivity index (χ2v) is 10.8. The molecule has 2 fully saturated rings. The van der Waals surface area contributed by atoms with E-state index in [2.05, 4.69) is 21.9 Å². The van der Waals surface area contributed by atoms with Gasteiger partial charge in [-0.1, -0.05) is 24.3 Å². The minimum absolute atomic E-state index is 0.00548. The van der Waals surface area contributed by atoms with Gasteiger partial charge in [-0.2, -0.15) is 13.2 Å². The monoisotopic (exact) mass is 510 g/mol. The SMILES string of the molecule is CN(C)CCCc1cc(N2C3CCC2CC3)ccc1CC(=O)C1=CCc2cccc(C(F)(F)F)c2C1=O. The van der Waals surface area contributed by atoms with E-state index in [-0.39, 0.29) is 24.0 Å². The second-order valence-electron chi connectivity index (χ2n) is 10.8. The molecule has 0 spiro atoms. The summed E-state index contributed by atoms with van der Waals surface area (Å²) < 4.78 is 40.8. The van der Waals surface area contributed by atoms with Gasteiger partial charge >= 0.3 is 6.18 Å². The fourth-order valence-corrected chi connectivity index (χ4v) is 6.32. The largest absolute Gasteiger partial charge is 0.417 e. The Bertz CT molecular complexity index is 1230. The molecule has 0 N–H and O–H groups in total. The first-order chi connectivity index (χ1) is 17.6. The highest BCUT2D eigenvalue weighted by Gasteiger charge is 2.40. The van der Waals surface area contributed by atoms with E-state index in [0.717, 1.165) is 36.6 Å². The quantitative estimate of drug-likeness (QED) is 0.421. The summed E-state index contributed by atoms with van der Waals surface area (Å²) in [7, 11) is 4.05. The lowest BCUT2D eigenvalue weighted by Crippen LogP contribution is -2.28. The van der Waals surface area contributed by atoms with Gasteiger partial charge in [0.2, 0.25) is 0 Å². The average molecular weight is 511 g/mol. The number of nitrogens with zero attached hydrogens (tertiary/aromatic N) is 2. The number of benzene rings is 2. The Labute approximate surface area is 216 Å². The molecule has 2 aliphatic heterocycles. The van der Waals surface area contributed by atoms with Crippen molar-refractivity contribution in [1.29, 1.82) is 0 Å². The number of hydrogen-bond donors (Lipinski definition) is 0. The van der Waals surface area contributed by atoms with Crippen LogP contribution < -0.4 is 4.90 Å². The third-order valence-corrected chi connectivity index (χ3v) is 8.10. The molecule has 3 aliphatic rings. The van der Waals surface area contributed by atoms with Crippen molar-refractivity contribution in [3.8, 4) is 0 Å². The minimum Gasteiger partial charge on any atom is -0.366 e. The molecule has 5 rings (SSSR count). The zero-order valence-corrected chi connectivity index (χ0v) is 21.4. The maximum absolute atomic E-state index is 13.6. The molecule has 0 aromatic heterocycles. The molecule has 0 radical (unpaired) electrons. The van der Waals surface area contributed by atoms with Crippen molar-refractivity contribution < 1.29 is 22.8 Å². The number of carbonyl (C=O) groups excluding carboxylic acids is 2. The van der Waals surface area contributed by atoms with Gasteiger partial charge in [0.15, 0.2) is 11.6 Å². The molecule has 0 unspecified atom stereocenters. The standard InChI is InChI=1S/C30H33F3N2O2/c1-34(2)16-4-6-20-17-24(35-22-11-12-23(35)14-13-22)10-8-21(20)18-27(36)25-15-9-19-5-3-7-26(30(31,32)33)28(19)29(25)37/h3,5,7-8,10,15,17,22-23H,4,6,9,11-14,16,18H2,1-2H3. The summed E-state index contributed by atoms with van der Waals surface area (Å²) in [6.07, 6.45) is 3.59. The smallest absolute Gasteiger partial charge is 0.366 e. The first-order valence-corrected chi connectivity index (χ1v) is 13.2.